The number of hydrogen-bond acceptors (Lipinski definition) is 5. The summed E-state index contributed by atoms with van der Waals surface area (Å²) in [6, 6.07) is 11.9. The van der Waals surface area contributed by atoms with E-state index >= 15 is 0 Å². The summed E-state index contributed by atoms with van der Waals surface area (Å²) >= 11 is 0. The van der Waals surface area contributed by atoms with Crippen molar-refractivity contribution in [3.05, 3.63) is 59.7 Å². The highest BCUT2D eigenvalue weighted by Gasteiger charge is 2.38. The number of benzene rings is 2. The minimum absolute atomic E-state index is 0.0417. The molecular formula is C26H30N2O4. The van der Waals surface area contributed by atoms with Crippen LogP contribution < -0.4 is 20.1 Å². The molecule has 1 aliphatic heterocycles. The second-order valence-corrected chi connectivity index (χ2v) is 8.93. The van der Waals surface area contributed by atoms with Gasteiger partial charge in [-0.1, -0.05) is 32.1 Å². The topological polar surface area (TPSA) is 76.7 Å². The molecule has 2 aliphatic rings. The van der Waals surface area contributed by atoms with Gasteiger partial charge < -0.3 is 20.1 Å². The molecule has 1 heterocycles. The summed E-state index contributed by atoms with van der Waals surface area (Å²) in [7, 11) is 1.57. The summed E-state index contributed by atoms with van der Waals surface area (Å²) in [5.74, 6) is 1.54. The third kappa shape index (κ3) is 4.49. The summed E-state index contributed by atoms with van der Waals surface area (Å²) in [6.45, 7) is 5.46. The molecule has 0 aromatic heterocycles. The van der Waals surface area contributed by atoms with Crippen LogP contribution in [0, 0.1) is 11.8 Å². The lowest BCUT2D eigenvalue weighted by molar-refractivity contribution is -0.132. The highest BCUT2D eigenvalue weighted by molar-refractivity contribution is 5.91. The first kappa shape index (κ1) is 21.9. The smallest absolute Gasteiger partial charge is 0.308 e. The Morgan fingerprint density at radius 3 is 2.69 bits per heavy atom. The third-order valence-corrected chi connectivity index (χ3v) is 6.04. The minimum Gasteiger partial charge on any atom is -0.493 e. The van der Waals surface area contributed by atoms with Crippen LogP contribution in [-0.4, -0.2) is 19.0 Å². The normalized spacial score (nSPS) is 20.8. The number of fused-ring (bicyclic) bond motifs is 3. The Bertz CT molecular complexity index is 1060. The average molecular weight is 435 g/mol. The molecule has 6 nitrogen and oxygen atoms in total. The number of nitrogens with one attached hydrogen (secondary N) is 2. The molecule has 3 atom stereocenters. The quantitative estimate of drug-likeness (QED) is 0.360. The van der Waals surface area contributed by atoms with Crippen LogP contribution in [0.1, 0.15) is 56.7 Å². The van der Waals surface area contributed by atoms with Crippen LogP contribution in [0.5, 0.6) is 11.5 Å². The fourth-order valence-corrected chi connectivity index (χ4v) is 4.70. The minimum atomic E-state index is -0.378. The van der Waals surface area contributed by atoms with E-state index in [1.807, 2.05) is 38.1 Å². The summed E-state index contributed by atoms with van der Waals surface area (Å²) in [6.07, 6.45) is 5.96. The molecule has 0 saturated heterocycles. The predicted molar refractivity (Wildman–Crippen MR) is 125 cm³/mol. The van der Waals surface area contributed by atoms with Crippen LogP contribution in [0.2, 0.25) is 0 Å². The number of methoxy groups -OCH3 is 1. The average Bonchev–Trinajstić information content (AvgIpc) is 3.23. The van der Waals surface area contributed by atoms with Gasteiger partial charge >= 0.3 is 5.97 Å². The van der Waals surface area contributed by atoms with Crippen molar-refractivity contribution >= 4 is 23.3 Å². The molecule has 168 valence electrons. The summed E-state index contributed by atoms with van der Waals surface area (Å²) in [4.78, 5) is 23.6. The standard InChI is InChI=1S/C26H30N2O4/c1-15(2)12-25(30)27-18-9-10-22-21(14-18)19-6-5-7-20(19)26(28-22)17-8-11-23(32-16(3)29)24(13-17)31-4/h5-6,8-11,13-15,19-20,26,28H,7,12H2,1-4H3,(H,27,30). The van der Waals surface area contributed by atoms with Gasteiger partial charge in [-0.25, -0.2) is 0 Å². The highest BCUT2D eigenvalue weighted by Crippen LogP contribution is 2.51. The molecule has 2 N–H and O–H groups in total. The number of carbonyl (C=O) groups is 2. The molecule has 4 rings (SSSR count). The van der Waals surface area contributed by atoms with Crippen molar-refractivity contribution in [2.75, 3.05) is 17.7 Å². The molecule has 1 amide bonds. The van der Waals surface area contributed by atoms with E-state index in [9.17, 15) is 9.59 Å². The SMILES string of the molecule is COc1cc(C2Nc3ccc(NC(=O)CC(C)C)cc3C3C=CCC32)ccc1OC(C)=O. The molecule has 0 saturated carbocycles. The maximum absolute atomic E-state index is 12.2. The van der Waals surface area contributed by atoms with Crippen molar-refractivity contribution in [2.24, 2.45) is 11.8 Å². The molecule has 6 heteroatoms. The van der Waals surface area contributed by atoms with E-state index in [0.29, 0.717) is 29.8 Å². The van der Waals surface area contributed by atoms with Gasteiger partial charge in [-0.15, -0.1) is 0 Å². The zero-order valence-electron chi connectivity index (χ0n) is 19.0. The van der Waals surface area contributed by atoms with Crippen LogP contribution in [0.3, 0.4) is 0 Å². The van der Waals surface area contributed by atoms with Gasteiger partial charge in [0.15, 0.2) is 11.5 Å². The van der Waals surface area contributed by atoms with Gasteiger partial charge in [0, 0.05) is 30.6 Å². The van der Waals surface area contributed by atoms with Crippen molar-refractivity contribution in [1.82, 2.24) is 0 Å². The summed E-state index contributed by atoms with van der Waals surface area (Å²) in [5, 5.41) is 6.73. The summed E-state index contributed by atoms with van der Waals surface area (Å²) in [5.41, 5.74) is 4.18. The van der Waals surface area contributed by atoms with Crippen molar-refractivity contribution in [2.45, 2.75) is 45.6 Å². The van der Waals surface area contributed by atoms with Gasteiger partial charge in [0.05, 0.1) is 13.2 Å². The second kappa shape index (κ2) is 9.07. The van der Waals surface area contributed by atoms with Gasteiger partial charge in [0.1, 0.15) is 0 Å². The maximum Gasteiger partial charge on any atom is 0.308 e. The lowest BCUT2D eigenvalue weighted by Crippen LogP contribution is -2.29. The second-order valence-electron chi connectivity index (χ2n) is 8.93. The third-order valence-electron chi connectivity index (χ3n) is 6.04. The zero-order valence-corrected chi connectivity index (χ0v) is 19.0. The number of carbonyl (C=O) groups excluding carboxylic acids is 2. The molecule has 0 fully saturated rings. The Balaban J connectivity index is 1.62. The summed E-state index contributed by atoms with van der Waals surface area (Å²) < 4.78 is 10.7. The molecule has 0 bridgehead atoms. The monoisotopic (exact) mass is 434 g/mol. The number of anilines is 2. The van der Waals surface area contributed by atoms with E-state index in [-0.39, 0.29) is 23.8 Å². The van der Waals surface area contributed by atoms with Crippen LogP contribution in [0.25, 0.3) is 0 Å². The number of ether oxygens (including phenoxy) is 2. The largest absolute Gasteiger partial charge is 0.493 e. The van der Waals surface area contributed by atoms with E-state index in [1.165, 1.54) is 12.5 Å². The van der Waals surface area contributed by atoms with Crippen molar-refractivity contribution in [3.8, 4) is 11.5 Å². The number of hydrogen-bond donors (Lipinski definition) is 2. The van der Waals surface area contributed by atoms with Crippen LogP contribution in [-0.2, 0) is 9.59 Å². The Labute approximate surface area is 189 Å². The number of esters is 1. The molecule has 2 aromatic rings. The number of allylic oxidation sites excluding steroid dienone is 2. The highest BCUT2D eigenvalue weighted by atomic mass is 16.6. The van der Waals surface area contributed by atoms with Crippen molar-refractivity contribution < 1.29 is 19.1 Å². The fourth-order valence-electron chi connectivity index (χ4n) is 4.70. The first-order chi connectivity index (χ1) is 15.4. The lowest BCUT2D eigenvalue weighted by atomic mass is 9.77. The van der Waals surface area contributed by atoms with Gasteiger partial charge in [0.25, 0.3) is 0 Å². The molecule has 0 spiro atoms. The predicted octanol–water partition coefficient (Wildman–Crippen LogP) is 5.43. The van der Waals surface area contributed by atoms with Crippen molar-refractivity contribution in [3.63, 3.8) is 0 Å². The molecule has 1 aliphatic carbocycles. The van der Waals surface area contributed by atoms with Gasteiger partial charge in [-0.05, 0) is 59.7 Å². The molecule has 0 radical (unpaired) electrons. The Kier molecular flexibility index (Phi) is 6.21. The van der Waals surface area contributed by atoms with E-state index < -0.39 is 0 Å². The van der Waals surface area contributed by atoms with Crippen LogP contribution in [0.4, 0.5) is 11.4 Å². The Morgan fingerprint density at radius 2 is 1.97 bits per heavy atom. The van der Waals surface area contributed by atoms with Crippen molar-refractivity contribution in [1.29, 1.82) is 0 Å². The number of rotatable bonds is 6. The zero-order chi connectivity index (χ0) is 22.8. The fraction of sp³-hybridized carbons (Fsp3) is 0.385. The molecular weight excluding hydrogens is 404 g/mol. The van der Waals surface area contributed by atoms with E-state index in [2.05, 4.69) is 28.9 Å². The lowest BCUT2D eigenvalue weighted by Gasteiger charge is -2.38. The van der Waals surface area contributed by atoms with E-state index in [1.54, 1.807) is 13.2 Å². The van der Waals surface area contributed by atoms with E-state index in [0.717, 1.165) is 23.4 Å². The first-order valence-corrected chi connectivity index (χ1v) is 11.1. The number of amides is 1. The first-order valence-electron chi connectivity index (χ1n) is 11.1. The molecule has 3 unspecified atom stereocenters. The van der Waals surface area contributed by atoms with Crippen LogP contribution >= 0.6 is 0 Å². The maximum atomic E-state index is 12.2. The van der Waals surface area contributed by atoms with E-state index in [4.69, 9.17) is 9.47 Å². The van der Waals surface area contributed by atoms with Gasteiger partial charge in [-0.2, -0.15) is 0 Å². The Morgan fingerprint density at radius 1 is 1.16 bits per heavy atom. The van der Waals surface area contributed by atoms with Gasteiger partial charge in [0.2, 0.25) is 5.91 Å². The molecule has 32 heavy (non-hydrogen) atoms. The van der Waals surface area contributed by atoms with Gasteiger partial charge in [-0.3, -0.25) is 9.59 Å². The Hall–Kier alpha value is -3.28. The van der Waals surface area contributed by atoms with Crippen LogP contribution in [0.15, 0.2) is 48.6 Å². The molecule has 2 aromatic carbocycles.